The summed E-state index contributed by atoms with van der Waals surface area (Å²) in [6.45, 7) is 5.73. The van der Waals surface area contributed by atoms with E-state index in [0.29, 0.717) is 42.0 Å². The molecule has 2 aromatic rings. The number of hydrogen-bond donors (Lipinski definition) is 2. The highest BCUT2D eigenvalue weighted by atomic mass is 16.5. The first-order valence-electron chi connectivity index (χ1n) is 10.3. The molecule has 1 aliphatic heterocycles. The van der Waals surface area contributed by atoms with Crippen LogP contribution >= 0.6 is 0 Å². The summed E-state index contributed by atoms with van der Waals surface area (Å²) >= 11 is 0. The van der Waals surface area contributed by atoms with Crippen molar-refractivity contribution in [1.82, 2.24) is 0 Å². The Bertz CT molecular complexity index is 984. The van der Waals surface area contributed by atoms with Crippen LogP contribution in [-0.2, 0) is 9.59 Å². The second-order valence-corrected chi connectivity index (χ2v) is 8.58. The van der Waals surface area contributed by atoms with Crippen molar-refractivity contribution in [2.45, 2.75) is 45.6 Å². The number of fused-ring (bicyclic) bond motifs is 1. The molecule has 0 unspecified atom stereocenters. The van der Waals surface area contributed by atoms with Gasteiger partial charge in [-0.2, -0.15) is 0 Å². The summed E-state index contributed by atoms with van der Waals surface area (Å²) in [6.07, 6.45) is 0.838. The van der Waals surface area contributed by atoms with Crippen LogP contribution in [0.25, 0.3) is 0 Å². The van der Waals surface area contributed by atoms with E-state index in [1.165, 1.54) is 0 Å². The Morgan fingerprint density at radius 2 is 1.77 bits per heavy atom. The van der Waals surface area contributed by atoms with E-state index in [1.54, 1.807) is 67.3 Å². The van der Waals surface area contributed by atoms with Crippen molar-refractivity contribution in [3.05, 3.63) is 59.7 Å². The summed E-state index contributed by atoms with van der Waals surface area (Å²) in [5, 5.41) is 9.58. The van der Waals surface area contributed by atoms with Gasteiger partial charge in [-0.1, -0.05) is 32.0 Å². The Balaban J connectivity index is 1.75. The molecule has 0 aromatic heterocycles. The van der Waals surface area contributed by atoms with E-state index in [2.05, 4.69) is 0 Å². The van der Waals surface area contributed by atoms with Crippen molar-refractivity contribution >= 4 is 23.5 Å². The largest absolute Gasteiger partial charge is 0.494 e. The van der Waals surface area contributed by atoms with Crippen molar-refractivity contribution in [2.75, 3.05) is 11.5 Å². The van der Waals surface area contributed by atoms with Crippen molar-refractivity contribution in [3.8, 4) is 5.75 Å². The van der Waals surface area contributed by atoms with Crippen LogP contribution in [0.5, 0.6) is 5.75 Å². The van der Waals surface area contributed by atoms with Gasteiger partial charge in [-0.25, -0.2) is 0 Å². The maximum Gasteiger partial charge on any atom is 0.311 e. The van der Waals surface area contributed by atoms with Crippen LogP contribution in [0.4, 0.5) is 5.69 Å². The highest BCUT2D eigenvalue weighted by molar-refractivity contribution is 6.07. The summed E-state index contributed by atoms with van der Waals surface area (Å²) in [4.78, 5) is 38.0. The molecule has 3 N–H and O–H groups in total. The Morgan fingerprint density at radius 3 is 2.39 bits per heavy atom. The zero-order valence-electron chi connectivity index (χ0n) is 18.0. The summed E-state index contributed by atoms with van der Waals surface area (Å²) in [6, 6.07) is 13.7. The molecule has 0 radical (unpaired) electrons. The molecule has 0 spiro atoms. The number of carbonyl (C=O) groups is 3. The molecule has 2 aromatic carbocycles. The number of nitrogens with zero attached hydrogens (tertiary/aromatic N) is 1. The van der Waals surface area contributed by atoms with E-state index in [1.807, 2.05) is 6.92 Å². The first-order chi connectivity index (χ1) is 14.6. The highest BCUT2D eigenvalue weighted by Crippen LogP contribution is 2.39. The Labute approximate surface area is 181 Å². The van der Waals surface area contributed by atoms with Gasteiger partial charge in [0.15, 0.2) is 0 Å². The number of ether oxygens (including phenoxy) is 1. The quantitative estimate of drug-likeness (QED) is 0.706. The third-order valence-corrected chi connectivity index (χ3v) is 5.87. The molecular formula is C24H28N2O5. The Kier molecular flexibility index (Phi) is 6.34. The highest BCUT2D eigenvalue weighted by Gasteiger charge is 2.37. The lowest BCUT2D eigenvalue weighted by Gasteiger charge is -2.38. The fourth-order valence-electron chi connectivity index (χ4n) is 3.74. The standard InChI is InChI=1S/C24H28N2O5/c1-15-14-19(22(28)29)18-6-4-5-7-20(18)26(15)21(27)16-8-10-17(11-9-16)31-13-12-24(2,3)23(25)30/h4-11,15,19H,12-14H2,1-3H3,(H2,25,30)(H,28,29)/t15-,19+/m0/s1. The molecule has 7 nitrogen and oxygen atoms in total. The number of primary amides is 1. The Morgan fingerprint density at radius 1 is 1.13 bits per heavy atom. The minimum Gasteiger partial charge on any atom is -0.494 e. The van der Waals surface area contributed by atoms with Gasteiger partial charge >= 0.3 is 5.97 Å². The lowest BCUT2D eigenvalue weighted by Crippen LogP contribution is -2.44. The van der Waals surface area contributed by atoms with Gasteiger partial charge in [0.1, 0.15) is 5.75 Å². The van der Waals surface area contributed by atoms with Crippen LogP contribution in [0.2, 0.25) is 0 Å². The van der Waals surface area contributed by atoms with Crippen LogP contribution < -0.4 is 15.4 Å². The minimum atomic E-state index is -0.882. The molecular weight excluding hydrogens is 396 g/mol. The Hall–Kier alpha value is -3.35. The van der Waals surface area contributed by atoms with Gasteiger partial charge in [-0.3, -0.25) is 14.4 Å². The van der Waals surface area contributed by atoms with Crippen LogP contribution in [0, 0.1) is 5.41 Å². The molecule has 1 aliphatic rings. The van der Waals surface area contributed by atoms with Crippen molar-refractivity contribution in [3.63, 3.8) is 0 Å². The van der Waals surface area contributed by atoms with E-state index in [0.717, 1.165) is 0 Å². The number of nitrogens with two attached hydrogens (primary N) is 1. The van der Waals surface area contributed by atoms with Crippen LogP contribution in [-0.4, -0.2) is 35.5 Å². The fourth-order valence-corrected chi connectivity index (χ4v) is 3.74. The number of hydrogen-bond acceptors (Lipinski definition) is 4. The van der Waals surface area contributed by atoms with Gasteiger partial charge in [0.05, 0.1) is 12.5 Å². The van der Waals surface area contributed by atoms with Crippen LogP contribution in [0.3, 0.4) is 0 Å². The monoisotopic (exact) mass is 424 g/mol. The molecule has 0 aliphatic carbocycles. The summed E-state index contributed by atoms with van der Waals surface area (Å²) in [5.41, 5.74) is 6.49. The molecule has 164 valence electrons. The average Bonchev–Trinajstić information content (AvgIpc) is 2.73. The van der Waals surface area contributed by atoms with E-state index < -0.39 is 17.3 Å². The molecule has 0 fully saturated rings. The van der Waals surface area contributed by atoms with E-state index in [9.17, 15) is 19.5 Å². The van der Waals surface area contributed by atoms with Gasteiger partial charge < -0.3 is 20.5 Å². The van der Waals surface area contributed by atoms with Crippen molar-refractivity contribution < 1.29 is 24.2 Å². The zero-order chi connectivity index (χ0) is 22.8. The number of para-hydroxylation sites is 1. The lowest BCUT2D eigenvalue weighted by molar-refractivity contribution is -0.139. The van der Waals surface area contributed by atoms with Crippen molar-refractivity contribution in [2.24, 2.45) is 11.1 Å². The average molecular weight is 424 g/mol. The third kappa shape index (κ3) is 4.71. The van der Waals surface area contributed by atoms with Gasteiger partial charge in [0, 0.05) is 22.7 Å². The smallest absolute Gasteiger partial charge is 0.311 e. The number of carboxylic acid groups (broad SMARTS) is 1. The first-order valence-corrected chi connectivity index (χ1v) is 10.3. The molecule has 3 rings (SSSR count). The number of amides is 2. The third-order valence-electron chi connectivity index (χ3n) is 5.87. The molecule has 0 bridgehead atoms. The molecule has 1 heterocycles. The van der Waals surface area contributed by atoms with Gasteiger partial charge in [0.25, 0.3) is 5.91 Å². The molecule has 2 atom stereocenters. The number of rotatable bonds is 7. The van der Waals surface area contributed by atoms with E-state index in [-0.39, 0.29) is 17.9 Å². The number of aliphatic carboxylic acids is 1. The minimum absolute atomic E-state index is 0.190. The molecule has 0 saturated heterocycles. The number of carbonyl (C=O) groups excluding carboxylic acids is 2. The maximum absolute atomic E-state index is 13.3. The summed E-state index contributed by atoms with van der Waals surface area (Å²) in [5.74, 6) is -1.48. The van der Waals surface area contributed by atoms with Crippen molar-refractivity contribution in [1.29, 1.82) is 0 Å². The number of benzene rings is 2. The summed E-state index contributed by atoms with van der Waals surface area (Å²) in [7, 11) is 0. The first kappa shape index (κ1) is 22.3. The SMILES string of the molecule is C[C@H]1C[C@@H](C(=O)O)c2ccccc2N1C(=O)c1ccc(OCCC(C)(C)C(N)=O)cc1. The zero-order valence-corrected chi connectivity index (χ0v) is 18.0. The molecule has 31 heavy (non-hydrogen) atoms. The normalized spacial score (nSPS) is 18.2. The summed E-state index contributed by atoms with van der Waals surface area (Å²) < 4.78 is 5.69. The molecule has 7 heteroatoms. The van der Waals surface area contributed by atoms with E-state index >= 15 is 0 Å². The fraction of sp³-hybridized carbons (Fsp3) is 0.375. The van der Waals surface area contributed by atoms with Gasteiger partial charge in [-0.05, 0) is 55.7 Å². The topological polar surface area (TPSA) is 110 Å². The second-order valence-electron chi connectivity index (χ2n) is 8.58. The van der Waals surface area contributed by atoms with E-state index in [4.69, 9.17) is 10.5 Å². The number of anilines is 1. The molecule has 2 amide bonds. The van der Waals surface area contributed by atoms with Gasteiger partial charge in [0.2, 0.25) is 5.91 Å². The molecule has 0 saturated carbocycles. The predicted octanol–water partition coefficient (Wildman–Crippen LogP) is 3.57. The van der Waals surface area contributed by atoms with Crippen LogP contribution in [0.1, 0.15) is 55.5 Å². The van der Waals surface area contributed by atoms with Gasteiger partial charge in [-0.15, -0.1) is 0 Å². The lowest BCUT2D eigenvalue weighted by atomic mass is 9.85. The second kappa shape index (κ2) is 8.79. The number of carboxylic acids is 1. The predicted molar refractivity (Wildman–Crippen MR) is 117 cm³/mol. The maximum atomic E-state index is 13.3. The van der Waals surface area contributed by atoms with Crippen LogP contribution in [0.15, 0.2) is 48.5 Å².